The third-order valence-corrected chi connectivity index (χ3v) is 3.90. The van der Waals surface area contributed by atoms with E-state index in [0.29, 0.717) is 18.5 Å². The topological polar surface area (TPSA) is 83.6 Å². The summed E-state index contributed by atoms with van der Waals surface area (Å²) in [5, 5.41) is 9.27. The van der Waals surface area contributed by atoms with Crippen molar-refractivity contribution in [3.63, 3.8) is 0 Å². The number of carbonyl (C=O) groups is 2. The summed E-state index contributed by atoms with van der Waals surface area (Å²) in [7, 11) is 0. The van der Waals surface area contributed by atoms with Crippen LogP contribution in [0.3, 0.4) is 0 Å². The Hall–Kier alpha value is -1.88. The molecule has 2 rings (SSSR count). The molecule has 1 aromatic rings. The molecule has 5 nitrogen and oxygen atoms in total. The Morgan fingerprint density at radius 3 is 2.75 bits per heavy atom. The molecule has 1 saturated heterocycles. The predicted molar refractivity (Wildman–Crippen MR) is 75.4 cm³/mol. The molecule has 0 saturated carbocycles. The van der Waals surface area contributed by atoms with Crippen LogP contribution in [0.25, 0.3) is 0 Å². The van der Waals surface area contributed by atoms with Crippen LogP contribution in [0.5, 0.6) is 0 Å². The van der Waals surface area contributed by atoms with E-state index in [1.807, 2.05) is 17.9 Å². The molecule has 1 heterocycles. The van der Waals surface area contributed by atoms with Crippen LogP contribution in [0, 0.1) is 6.92 Å². The van der Waals surface area contributed by atoms with Crippen LogP contribution in [0.4, 0.5) is 0 Å². The number of piperidine rings is 1. The lowest BCUT2D eigenvalue weighted by atomic mass is 9.99. The molecular weight excluding hydrogens is 256 g/mol. The van der Waals surface area contributed by atoms with Crippen molar-refractivity contribution >= 4 is 11.9 Å². The minimum atomic E-state index is -0.754. The molecule has 1 unspecified atom stereocenters. The first kappa shape index (κ1) is 14.5. The summed E-state index contributed by atoms with van der Waals surface area (Å²) in [5.41, 5.74) is 7.75. The van der Waals surface area contributed by atoms with Gasteiger partial charge in [0.1, 0.15) is 6.04 Å². The van der Waals surface area contributed by atoms with Crippen LogP contribution in [-0.2, 0) is 11.3 Å². The van der Waals surface area contributed by atoms with Crippen molar-refractivity contribution in [1.29, 1.82) is 0 Å². The monoisotopic (exact) mass is 276 g/mol. The molecule has 1 aliphatic rings. The third-order valence-electron chi connectivity index (χ3n) is 3.90. The average molecular weight is 276 g/mol. The normalized spacial score (nSPS) is 19.8. The fraction of sp³-hybridized carbons (Fsp3) is 0.467. The third kappa shape index (κ3) is 3.17. The second-order valence-corrected chi connectivity index (χ2v) is 5.33. The number of primary amides is 1. The first-order valence-electron chi connectivity index (χ1n) is 6.85. The van der Waals surface area contributed by atoms with Gasteiger partial charge in [-0.3, -0.25) is 14.5 Å². The second kappa shape index (κ2) is 6.05. The number of amides is 1. The maximum atomic E-state index is 11.3. The van der Waals surface area contributed by atoms with Gasteiger partial charge in [0, 0.05) is 12.1 Å². The highest BCUT2D eigenvalue weighted by Gasteiger charge is 2.28. The highest BCUT2D eigenvalue weighted by atomic mass is 16.4. The Labute approximate surface area is 118 Å². The number of hydrogen-bond acceptors (Lipinski definition) is 3. The smallest absolute Gasteiger partial charge is 0.320 e. The molecule has 0 aromatic heterocycles. The largest absolute Gasteiger partial charge is 0.480 e. The zero-order valence-electron chi connectivity index (χ0n) is 11.6. The van der Waals surface area contributed by atoms with Gasteiger partial charge < -0.3 is 10.8 Å². The molecule has 3 N–H and O–H groups in total. The Morgan fingerprint density at radius 2 is 2.15 bits per heavy atom. The van der Waals surface area contributed by atoms with E-state index in [1.54, 1.807) is 12.1 Å². The highest BCUT2D eigenvalue weighted by molar-refractivity contribution is 5.93. The van der Waals surface area contributed by atoms with Gasteiger partial charge >= 0.3 is 5.97 Å². The van der Waals surface area contributed by atoms with E-state index in [2.05, 4.69) is 0 Å². The minimum Gasteiger partial charge on any atom is -0.480 e. The number of rotatable bonds is 4. The van der Waals surface area contributed by atoms with Crippen LogP contribution in [0.2, 0.25) is 0 Å². The van der Waals surface area contributed by atoms with Crippen molar-refractivity contribution in [1.82, 2.24) is 4.90 Å². The van der Waals surface area contributed by atoms with Crippen LogP contribution in [0.15, 0.2) is 18.2 Å². The van der Waals surface area contributed by atoms with Gasteiger partial charge in [-0.05, 0) is 49.6 Å². The Kier molecular flexibility index (Phi) is 4.39. The number of aryl methyl sites for hydroxylation is 1. The molecular formula is C15H20N2O3. The number of carbonyl (C=O) groups excluding carboxylic acids is 1. The zero-order chi connectivity index (χ0) is 14.7. The molecule has 20 heavy (non-hydrogen) atoms. The summed E-state index contributed by atoms with van der Waals surface area (Å²) >= 11 is 0. The van der Waals surface area contributed by atoms with Crippen molar-refractivity contribution in [2.24, 2.45) is 5.73 Å². The number of aliphatic carboxylic acids is 1. The van der Waals surface area contributed by atoms with Gasteiger partial charge in [-0.1, -0.05) is 12.5 Å². The molecule has 108 valence electrons. The van der Waals surface area contributed by atoms with E-state index in [-0.39, 0.29) is 0 Å². The van der Waals surface area contributed by atoms with Crippen LogP contribution < -0.4 is 5.73 Å². The molecule has 1 amide bonds. The first-order valence-corrected chi connectivity index (χ1v) is 6.85. The van der Waals surface area contributed by atoms with Crippen molar-refractivity contribution in [2.75, 3.05) is 6.54 Å². The number of likely N-dealkylation sites (tertiary alicyclic amines) is 1. The van der Waals surface area contributed by atoms with Gasteiger partial charge in [-0.15, -0.1) is 0 Å². The van der Waals surface area contributed by atoms with Gasteiger partial charge in [-0.25, -0.2) is 0 Å². The average Bonchev–Trinajstić information content (AvgIpc) is 2.41. The summed E-state index contributed by atoms with van der Waals surface area (Å²) in [6.45, 7) is 3.32. The van der Waals surface area contributed by atoms with Crippen molar-refractivity contribution in [3.05, 3.63) is 34.9 Å². The number of nitrogens with zero attached hydrogens (tertiary/aromatic N) is 1. The van der Waals surface area contributed by atoms with E-state index in [0.717, 1.165) is 30.5 Å². The van der Waals surface area contributed by atoms with Gasteiger partial charge in [0.2, 0.25) is 5.91 Å². The Bertz CT molecular complexity index is 528. The van der Waals surface area contributed by atoms with Gasteiger partial charge in [0.15, 0.2) is 0 Å². The first-order chi connectivity index (χ1) is 9.49. The number of hydrogen-bond donors (Lipinski definition) is 2. The second-order valence-electron chi connectivity index (χ2n) is 5.33. The molecule has 0 spiro atoms. The molecule has 0 aliphatic carbocycles. The molecule has 1 fully saturated rings. The SMILES string of the molecule is Cc1cc(C(N)=O)ccc1CN1CCCCC1C(=O)O. The summed E-state index contributed by atoms with van der Waals surface area (Å²) in [6.07, 6.45) is 2.70. The quantitative estimate of drug-likeness (QED) is 0.873. The summed E-state index contributed by atoms with van der Waals surface area (Å²) in [6, 6.07) is 4.92. The number of carboxylic acid groups (broad SMARTS) is 1. The lowest BCUT2D eigenvalue weighted by Gasteiger charge is -2.33. The van der Waals surface area contributed by atoms with E-state index in [1.165, 1.54) is 0 Å². The summed E-state index contributed by atoms with van der Waals surface area (Å²) in [4.78, 5) is 24.4. The van der Waals surface area contributed by atoms with E-state index < -0.39 is 17.9 Å². The van der Waals surface area contributed by atoms with Crippen LogP contribution in [0.1, 0.15) is 40.7 Å². The summed E-state index contributed by atoms with van der Waals surface area (Å²) in [5.74, 6) is -1.20. The molecule has 1 aliphatic heterocycles. The molecule has 0 radical (unpaired) electrons. The number of carboxylic acids is 1. The van der Waals surface area contributed by atoms with Crippen molar-refractivity contribution in [3.8, 4) is 0 Å². The Morgan fingerprint density at radius 1 is 1.40 bits per heavy atom. The fourth-order valence-corrected chi connectivity index (χ4v) is 2.71. The highest BCUT2D eigenvalue weighted by Crippen LogP contribution is 2.21. The zero-order valence-corrected chi connectivity index (χ0v) is 11.6. The standard InChI is InChI=1S/C15H20N2O3/c1-10-8-11(14(16)18)5-6-12(10)9-17-7-3-2-4-13(17)15(19)20/h5-6,8,13H,2-4,7,9H2,1H3,(H2,16,18)(H,19,20). The van der Waals surface area contributed by atoms with Gasteiger partial charge in [0.05, 0.1) is 0 Å². The van der Waals surface area contributed by atoms with E-state index in [9.17, 15) is 14.7 Å². The summed E-state index contributed by atoms with van der Waals surface area (Å²) < 4.78 is 0. The maximum Gasteiger partial charge on any atom is 0.320 e. The molecule has 0 bridgehead atoms. The lowest BCUT2D eigenvalue weighted by Crippen LogP contribution is -2.44. The van der Waals surface area contributed by atoms with Crippen LogP contribution in [-0.4, -0.2) is 34.5 Å². The molecule has 1 atom stereocenters. The Balaban J connectivity index is 2.16. The maximum absolute atomic E-state index is 11.3. The minimum absolute atomic E-state index is 0.404. The van der Waals surface area contributed by atoms with E-state index in [4.69, 9.17) is 5.73 Å². The molecule has 5 heteroatoms. The van der Waals surface area contributed by atoms with Crippen LogP contribution >= 0.6 is 0 Å². The molecule has 1 aromatic carbocycles. The lowest BCUT2D eigenvalue weighted by molar-refractivity contribution is -0.144. The van der Waals surface area contributed by atoms with Crippen molar-refractivity contribution < 1.29 is 14.7 Å². The fourth-order valence-electron chi connectivity index (χ4n) is 2.71. The van der Waals surface area contributed by atoms with E-state index >= 15 is 0 Å². The van der Waals surface area contributed by atoms with Crippen molar-refractivity contribution in [2.45, 2.75) is 38.8 Å². The van der Waals surface area contributed by atoms with Gasteiger partial charge in [-0.2, -0.15) is 0 Å². The predicted octanol–water partition coefficient (Wildman–Crippen LogP) is 1.53. The number of benzene rings is 1. The van der Waals surface area contributed by atoms with Gasteiger partial charge in [0.25, 0.3) is 0 Å². The number of nitrogens with two attached hydrogens (primary N) is 1.